The Labute approximate surface area is 148 Å². The lowest BCUT2D eigenvalue weighted by molar-refractivity contribution is 0.0949. The number of rotatable bonds is 7. The summed E-state index contributed by atoms with van der Waals surface area (Å²) in [5.74, 6) is 0.193. The van der Waals surface area contributed by atoms with Crippen LogP contribution in [0.15, 0.2) is 60.0 Å². The zero-order valence-corrected chi connectivity index (χ0v) is 15.1. The molecule has 0 atom stereocenters. The molecule has 0 aliphatic heterocycles. The topological polar surface area (TPSA) is 75.3 Å². The number of carbonyl (C=O) groups is 1. The van der Waals surface area contributed by atoms with E-state index in [-0.39, 0.29) is 5.91 Å². The lowest BCUT2D eigenvalue weighted by Crippen LogP contribution is -2.27. The summed E-state index contributed by atoms with van der Waals surface area (Å²) in [6.07, 6.45) is 1.52. The van der Waals surface area contributed by atoms with Gasteiger partial charge in [0.15, 0.2) is 0 Å². The van der Waals surface area contributed by atoms with E-state index in [9.17, 15) is 13.2 Å². The van der Waals surface area contributed by atoms with Crippen molar-refractivity contribution in [3.05, 3.63) is 71.1 Å². The number of sulfonamides is 1. The van der Waals surface area contributed by atoms with E-state index in [1.165, 1.54) is 6.08 Å². The van der Waals surface area contributed by atoms with Gasteiger partial charge in [0.1, 0.15) is 0 Å². The fraction of sp³-hybridized carbons (Fsp3) is 0.211. The van der Waals surface area contributed by atoms with Crippen molar-refractivity contribution >= 4 is 27.7 Å². The number of nitrogens with one attached hydrogen (secondary N) is 2. The molecule has 0 unspecified atom stereocenters. The lowest BCUT2D eigenvalue weighted by atomic mass is 10.2. The molecule has 0 saturated carbocycles. The van der Waals surface area contributed by atoms with Gasteiger partial charge in [0.25, 0.3) is 15.9 Å². The maximum absolute atomic E-state index is 12.1. The molecule has 0 aromatic heterocycles. The predicted octanol–water partition coefficient (Wildman–Crippen LogP) is 3.49. The minimum atomic E-state index is -3.62. The Morgan fingerprint density at radius 1 is 1.04 bits per heavy atom. The van der Waals surface area contributed by atoms with Gasteiger partial charge >= 0.3 is 0 Å². The maximum atomic E-state index is 12.1. The van der Waals surface area contributed by atoms with E-state index in [0.717, 1.165) is 11.0 Å². The highest BCUT2D eigenvalue weighted by Crippen LogP contribution is 2.13. The van der Waals surface area contributed by atoms with Gasteiger partial charge in [-0.25, -0.2) is 8.42 Å². The van der Waals surface area contributed by atoms with E-state index in [0.29, 0.717) is 23.7 Å². The van der Waals surface area contributed by atoms with Crippen LogP contribution in [0.2, 0.25) is 0 Å². The van der Waals surface area contributed by atoms with Gasteiger partial charge < -0.3 is 5.32 Å². The number of hydrogen-bond acceptors (Lipinski definition) is 3. The van der Waals surface area contributed by atoms with Crippen molar-refractivity contribution in [1.82, 2.24) is 5.32 Å². The molecule has 0 aliphatic rings. The van der Waals surface area contributed by atoms with Crippen LogP contribution in [0.3, 0.4) is 0 Å². The minimum Gasteiger partial charge on any atom is -0.352 e. The van der Waals surface area contributed by atoms with Crippen LogP contribution in [-0.4, -0.2) is 20.9 Å². The summed E-state index contributed by atoms with van der Waals surface area (Å²) in [7, 11) is -3.62. The molecule has 0 aliphatic carbocycles. The van der Waals surface area contributed by atoms with Gasteiger partial charge in [-0.2, -0.15) is 0 Å². The second-order valence-electron chi connectivity index (χ2n) is 6.04. The molecule has 2 N–H and O–H groups in total. The molecule has 2 aromatic carbocycles. The first kappa shape index (κ1) is 18.7. The van der Waals surface area contributed by atoms with Crippen LogP contribution in [0.1, 0.15) is 29.8 Å². The van der Waals surface area contributed by atoms with Crippen LogP contribution in [0.5, 0.6) is 0 Å². The van der Waals surface area contributed by atoms with Crippen molar-refractivity contribution < 1.29 is 13.2 Å². The predicted molar refractivity (Wildman–Crippen MR) is 102 cm³/mol. The van der Waals surface area contributed by atoms with Gasteiger partial charge in [-0.3, -0.25) is 9.52 Å². The summed E-state index contributed by atoms with van der Waals surface area (Å²) in [5, 5.41) is 3.93. The molecular formula is C19H22N2O3S. The van der Waals surface area contributed by atoms with Crippen LogP contribution in [0, 0.1) is 5.92 Å². The average Bonchev–Trinajstić information content (AvgIpc) is 2.59. The summed E-state index contributed by atoms with van der Waals surface area (Å²) in [5.41, 5.74) is 1.69. The molecule has 5 nitrogen and oxygen atoms in total. The van der Waals surface area contributed by atoms with Gasteiger partial charge in [0.2, 0.25) is 0 Å². The molecule has 0 fully saturated rings. The average molecular weight is 358 g/mol. The Morgan fingerprint density at radius 3 is 2.28 bits per heavy atom. The number of anilines is 1. The second-order valence-corrected chi connectivity index (χ2v) is 7.61. The Kier molecular flexibility index (Phi) is 6.36. The highest BCUT2D eigenvalue weighted by Gasteiger charge is 2.08. The molecule has 0 radical (unpaired) electrons. The summed E-state index contributed by atoms with van der Waals surface area (Å²) < 4.78 is 26.6. The van der Waals surface area contributed by atoms with Crippen LogP contribution >= 0.6 is 0 Å². The Hall–Kier alpha value is -2.60. The molecular weight excluding hydrogens is 336 g/mol. The van der Waals surface area contributed by atoms with E-state index in [2.05, 4.69) is 10.0 Å². The summed E-state index contributed by atoms with van der Waals surface area (Å²) in [4.78, 5) is 11.9. The highest BCUT2D eigenvalue weighted by molar-refractivity contribution is 7.95. The van der Waals surface area contributed by atoms with E-state index >= 15 is 0 Å². The SMILES string of the molecule is CC(C)CNC(=O)c1ccc(NS(=O)(=O)/C=C/c2ccccc2)cc1. The molecule has 132 valence electrons. The van der Waals surface area contributed by atoms with Crippen molar-refractivity contribution in [3.63, 3.8) is 0 Å². The third-order valence-electron chi connectivity index (χ3n) is 3.32. The Bertz CT molecular complexity index is 827. The monoisotopic (exact) mass is 358 g/mol. The molecule has 6 heteroatoms. The van der Waals surface area contributed by atoms with Crippen molar-refractivity contribution in [2.45, 2.75) is 13.8 Å². The van der Waals surface area contributed by atoms with E-state index < -0.39 is 10.0 Å². The van der Waals surface area contributed by atoms with Gasteiger partial charge in [0, 0.05) is 17.8 Å². The van der Waals surface area contributed by atoms with Gasteiger partial charge in [-0.15, -0.1) is 0 Å². The van der Waals surface area contributed by atoms with Crippen LogP contribution in [0.4, 0.5) is 5.69 Å². The zero-order chi connectivity index (χ0) is 18.3. The van der Waals surface area contributed by atoms with Crippen LogP contribution < -0.4 is 10.0 Å². The fourth-order valence-corrected chi connectivity index (χ4v) is 2.89. The first-order chi connectivity index (χ1) is 11.9. The number of carbonyl (C=O) groups excluding carboxylic acids is 1. The fourth-order valence-electron chi connectivity index (χ4n) is 2.02. The third-order valence-corrected chi connectivity index (χ3v) is 4.33. The van der Waals surface area contributed by atoms with E-state index in [1.807, 2.05) is 44.2 Å². The first-order valence-electron chi connectivity index (χ1n) is 8.00. The molecule has 0 spiro atoms. The Morgan fingerprint density at radius 2 is 1.68 bits per heavy atom. The maximum Gasteiger partial charge on any atom is 0.255 e. The molecule has 0 saturated heterocycles. The van der Waals surface area contributed by atoms with E-state index in [4.69, 9.17) is 0 Å². The summed E-state index contributed by atoms with van der Waals surface area (Å²) in [6, 6.07) is 15.5. The quantitative estimate of drug-likeness (QED) is 0.795. The minimum absolute atomic E-state index is 0.174. The highest BCUT2D eigenvalue weighted by atomic mass is 32.2. The smallest absolute Gasteiger partial charge is 0.255 e. The molecule has 0 heterocycles. The largest absolute Gasteiger partial charge is 0.352 e. The zero-order valence-electron chi connectivity index (χ0n) is 14.3. The molecule has 2 rings (SSSR count). The lowest BCUT2D eigenvalue weighted by Gasteiger charge is -2.09. The van der Waals surface area contributed by atoms with Crippen LogP contribution in [-0.2, 0) is 10.0 Å². The van der Waals surface area contributed by atoms with Gasteiger partial charge in [0.05, 0.1) is 5.41 Å². The van der Waals surface area contributed by atoms with Crippen molar-refractivity contribution in [2.24, 2.45) is 5.92 Å². The second kappa shape index (κ2) is 8.48. The van der Waals surface area contributed by atoms with E-state index in [1.54, 1.807) is 24.3 Å². The number of benzene rings is 2. The van der Waals surface area contributed by atoms with Crippen molar-refractivity contribution in [1.29, 1.82) is 0 Å². The summed E-state index contributed by atoms with van der Waals surface area (Å²) >= 11 is 0. The normalized spacial score (nSPS) is 11.6. The molecule has 1 amide bonds. The van der Waals surface area contributed by atoms with Crippen molar-refractivity contribution in [3.8, 4) is 0 Å². The molecule has 25 heavy (non-hydrogen) atoms. The van der Waals surface area contributed by atoms with Gasteiger partial charge in [-0.05, 0) is 41.8 Å². The van der Waals surface area contributed by atoms with Crippen molar-refractivity contribution in [2.75, 3.05) is 11.3 Å². The number of hydrogen-bond donors (Lipinski definition) is 2. The van der Waals surface area contributed by atoms with Gasteiger partial charge in [-0.1, -0.05) is 44.2 Å². The van der Waals surface area contributed by atoms with Crippen LogP contribution in [0.25, 0.3) is 6.08 Å². The first-order valence-corrected chi connectivity index (χ1v) is 9.54. The molecule has 2 aromatic rings. The number of amides is 1. The molecule has 0 bridgehead atoms. The standard InChI is InChI=1S/C19H22N2O3S/c1-15(2)14-20-19(22)17-8-10-18(11-9-17)21-25(23,24)13-12-16-6-4-3-5-7-16/h3-13,15,21H,14H2,1-2H3,(H,20,22)/b13-12+. The Balaban J connectivity index is 2.00. The third kappa shape index (κ3) is 6.43. The summed E-state index contributed by atoms with van der Waals surface area (Å²) in [6.45, 7) is 4.62.